The van der Waals surface area contributed by atoms with E-state index >= 15 is 0 Å². The summed E-state index contributed by atoms with van der Waals surface area (Å²) in [5.74, 6) is 0.786. The van der Waals surface area contributed by atoms with Gasteiger partial charge in [-0.05, 0) is 49.6 Å². The van der Waals surface area contributed by atoms with Crippen LogP contribution in [0.25, 0.3) is 0 Å². The Morgan fingerprint density at radius 1 is 1.03 bits per heavy atom. The van der Waals surface area contributed by atoms with Crippen molar-refractivity contribution in [1.29, 1.82) is 0 Å². The lowest BCUT2D eigenvalue weighted by Crippen LogP contribution is -2.53. The summed E-state index contributed by atoms with van der Waals surface area (Å²) in [5.41, 5.74) is 1.05. The molecule has 208 valence electrons. The van der Waals surface area contributed by atoms with Crippen LogP contribution in [0.5, 0.6) is 17.2 Å². The molecule has 38 heavy (non-hydrogen) atoms. The van der Waals surface area contributed by atoms with Gasteiger partial charge in [-0.1, -0.05) is 26.0 Å². The van der Waals surface area contributed by atoms with Crippen LogP contribution in [0.15, 0.2) is 42.5 Å². The smallest absolute Gasteiger partial charge is 0.244 e. The van der Waals surface area contributed by atoms with E-state index in [1.165, 1.54) is 4.90 Å². The third-order valence-corrected chi connectivity index (χ3v) is 7.53. The average Bonchev–Trinajstić information content (AvgIpc) is 2.90. The van der Waals surface area contributed by atoms with Crippen molar-refractivity contribution in [1.82, 2.24) is 10.2 Å². The molecule has 1 aliphatic heterocycles. The monoisotopic (exact) mass is 547 g/mol. The largest absolute Gasteiger partial charge is 0.497 e. The number of nitrogens with one attached hydrogen (secondary N) is 1. The number of sulfonamides is 1. The van der Waals surface area contributed by atoms with E-state index in [2.05, 4.69) is 5.32 Å². The van der Waals surface area contributed by atoms with Crippen LogP contribution in [-0.2, 0) is 26.2 Å². The Balaban J connectivity index is 1.94. The number of nitrogens with zero attached hydrogens (tertiary/aromatic N) is 2. The molecule has 2 aromatic carbocycles. The first-order valence-corrected chi connectivity index (χ1v) is 14.5. The second kappa shape index (κ2) is 12.9. The van der Waals surface area contributed by atoms with Crippen molar-refractivity contribution in [2.24, 2.45) is 0 Å². The summed E-state index contributed by atoms with van der Waals surface area (Å²) in [6.45, 7) is 6.06. The lowest BCUT2D eigenvalue weighted by molar-refractivity contribution is -0.140. The molecule has 2 atom stereocenters. The number of anilines is 1. The summed E-state index contributed by atoms with van der Waals surface area (Å²) < 4.78 is 43.1. The van der Waals surface area contributed by atoms with Gasteiger partial charge < -0.3 is 24.4 Å². The van der Waals surface area contributed by atoms with Gasteiger partial charge in [0, 0.05) is 18.7 Å². The summed E-state index contributed by atoms with van der Waals surface area (Å²) >= 11 is 0. The van der Waals surface area contributed by atoms with Crippen molar-refractivity contribution < 1.29 is 32.2 Å². The van der Waals surface area contributed by atoms with Gasteiger partial charge in [0.15, 0.2) is 11.5 Å². The summed E-state index contributed by atoms with van der Waals surface area (Å²) in [4.78, 5) is 28.5. The van der Waals surface area contributed by atoms with Crippen LogP contribution in [0.1, 0.15) is 39.2 Å². The molecule has 1 N–H and O–H groups in total. The van der Waals surface area contributed by atoms with Crippen molar-refractivity contribution in [3.05, 3.63) is 48.0 Å². The van der Waals surface area contributed by atoms with Crippen molar-refractivity contribution in [3.63, 3.8) is 0 Å². The van der Waals surface area contributed by atoms with Crippen LogP contribution in [0.2, 0.25) is 0 Å². The predicted octanol–water partition coefficient (Wildman–Crippen LogP) is 2.95. The summed E-state index contributed by atoms with van der Waals surface area (Å²) in [7, 11) is -2.29. The average molecular weight is 548 g/mol. The highest BCUT2D eigenvalue weighted by atomic mass is 32.2. The van der Waals surface area contributed by atoms with Gasteiger partial charge in [0.25, 0.3) is 0 Å². The first-order valence-electron chi connectivity index (χ1n) is 12.7. The molecule has 11 heteroatoms. The maximum Gasteiger partial charge on any atom is 0.244 e. The third-order valence-electron chi connectivity index (χ3n) is 6.39. The molecule has 2 aromatic rings. The zero-order chi connectivity index (χ0) is 27.9. The second-order valence-corrected chi connectivity index (χ2v) is 11.1. The molecule has 0 aliphatic carbocycles. The highest BCUT2D eigenvalue weighted by molar-refractivity contribution is 7.92. The van der Waals surface area contributed by atoms with E-state index in [1.807, 2.05) is 32.9 Å². The highest BCUT2D eigenvalue weighted by Gasteiger charge is 2.32. The normalized spacial score (nSPS) is 14.2. The predicted molar refractivity (Wildman–Crippen MR) is 145 cm³/mol. The molecule has 3 rings (SSSR count). The minimum atomic E-state index is -3.86. The van der Waals surface area contributed by atoms with Gasteiger partial charge in [0.2, 0.25) is 21.8 Å². The van der Waals surface area contributed by atoms with Crippen LogP contribution < -0.4 is 23.8 Å². The molecule has 0 unspecified atom stereocenters. The molecule has 0 saturated carbocycles. The van der Waals surface area contributed by atoms with Gasteiger partial charge >= 0.3 is 0 Å². The van der Waals surface area contributed by atoms with Gasteiger partial charge in [0.05, 0.1) is 19.1 Å². The molecular formula is C27H37N3O7S. The van der Waals surface area contributed by atoms with Crippen LogP contribution >= 0.6 is 0 Å². The van der Waals surface area contributed by atoms with Crippen LogP contribution in [0, 0.1) is 0 Å². The van der Waals surface area contributed by atoms with E-state index in [4.69, 9.17) is 14.2 Å². The Labute approximate surface area is 224 Å². The van der Waals surface area contributed by atoms with E-state index in [9.17, 15) is 18.0 Å². The molecule has 0 spiro atoms. The minimum Gasteiger partial charge on any atom is -0.497 e. The van der Waals surface area contributed by atoms with E-state index in [0.29, 0.717) is 36.9 Å². The molecule has 0 aromatic heterocycles. The molecule has 0 bridgehead atoms. The maximum absolute atomic E-state index is 13.8. The fourth-order valence-electron chi connectivity index (χ4n) is 4.09. The molecular weight excluding hydrogens is 510 g/mol. The summed E-state index contributed by atoms with van der Waals surface area (Å²) in [6.07, 6.45) is 2.13. The number of carbonyl (C=O) groups is 2. The van der Waals surface area contributed by atoms with Gasteiger partial charge in [-0.15, -0.1) is 0 Å². The molecule has 1 aliphatic rings. The fourth-order valence-corrected chi connectivity index (χ4v) is 4.93. The topological polar surface area (TPSA) is 114 Å². The SMILES string of the molecule is CC[C@H](C)NC(=O)[C@H](CC)N(Cc1ccc(OC)cc1)C(=O)CN(c1ccc2c(c1)OCCO2)S(C)(=O)=O. The van der Waals surface area contributed by atoms with Gasteiger partial charge in [-0.2, -0.15) is 0 Å². The highest BCUT2D eigenvalue weighted by Crippen LogP contribution is 2.34. The van der Waals surface area contributed by atoms with Gasteiger partial charge in [-0.25, -0.2) is 8.42 Å². The Bertz CT molecular complexity index is 1220. The van der Waals surface area contributed by atoms with Crippen molar-refractivity contribution in [2.45, 2.75) is 52.2 Å². The van der Waals surface area contributed by atoms with E-state index < -0.39 is 28.5 Å². The Morgan fingerprint density at radius 2 is 1.68 bits per heavy atom. The molecule has 0 saturated heterocycles. The Kier molecular flexibility index (Phi) is 9.84. The number of benzene rings is 2. The molecule has 2 amide bonds. The molecule has 0 radical (unpaired) electrons. The van der Waals surface area contributed by atoms with Gasteiger partial charge in [0.1, 0.15) is 31.5 Å². The third kappa shape index (κ3) is 7.31. The molecule has 0 fully saturated rings. The molecule has 1 heterocycles. The van der Waals surface area contributed by atoms with Crippen molar-refractivity contribution >= 4 is 27.5 Å². The first kappa shape index (κ1) is 29.1. The Hall–Kier alpha value is -3.47. The van der Waals surface area contributed by atoms with Crippen molar-refractivity contribution in [2.75, 3.05) is 37.4 Å². The number of hydrogen-bond donors (Lipinski definition) is 1. The zero-order valence-corrected chi connectivity index (χ0v) is 23.4. The number of ether oxygens (including phenoxy) is 3. The van der Waals surface area contributed by atoms with Crippen LogP contribution in [-0.4, -0.2) is 70.3 Å². The fraction of sp³-hybridized carbons (Fsp3) is 0.481. The second-order valence-electron chi connectivity index (χ2n) is 9.21. The van der Waals surface area contributed by atoms with Crippen molar-refractivity contribution in [3.8, 4) is 17.2 Å². The number of carbonyl (C=O) groups excluding carboxylic acids is 2. The van der Waals surface area contributed by atoms with Gasteiger partial charge in [-0.3, -0.25) is 13.9 Å². The number of fused-ring (bicyclic) bond motifs is 1. The number of hydrogen-bond acceptors (Lipinski definition) is 7. The maximum atomic E-state index is 13.8. The number of methoxy groups -OCH3 is 1. The number of rotatable bonds is 12. The lowest BCUT2D eigenvalue weighted by Gasteiger charge is -2.33. The zero-order valence-electron chi connectivity index (χ0n) is 22.6. The first-order chi connectivity index (χ1) is 18.1. The minimum absolute atomic E-state index is 0.0697. The lowest BCUT2D eigenvalue weighted by atomic mass is 10.1. The van der Waals surface area contributed by atoms with E-state index in [0.717, 1.165) is 22.5 Å². The molecule has 10 nitrogen and oxygen atoms in total. The van der Waals surface area contributed by atoms with E-state index in [-0.39, 0.29) is 24.2 Å². The van der Waals surface area contributed by atoms with Crippen LogP contribution in [0.3, 0.4) is 0 Å². The van der Waals surface area contributed by atoms with E-state index in [1.54, 1.807) is 37.4 Å². The summed E-state index contributed by atoms with van der Waals surface area (Å²) in [5, 5.41) is 2.95. The number of amides is 2. The Morgan fingerprint density at radius 3 is 2.26 bits per heavy atom. The standard InChI is InChI=1S/C27H37N3O7S/c1-6-19(3)28-27(32)23(7-2)29(17-20-8-11-22(35-4)12-9-20)26(31)18-30(38(5,33)34)21-10-13-24-25(16-21)37-15-14-36-24/h8-13,16,19,23H,6-7,14-15,17-18H2,1-5H3,(H,28,32)/t19-,23-/m0/s1. The van der Waals surface area contributed by atoms with Crippen LogP contribution in [0.4, 0.5) is 5.69 Å². The quantitative estimate of drug-likeness (QED) is 0.435. The summed E-state index contributed by atoms with van der Waals surface area (Å²) in [6, 6.07) is 11.1.